The van der Waals surface area contributed by atoms with Crippen LogP contribution >= 0.6 is 0 Å². The third-order valence-electron chi connectivity index (χ3n) is 5.55. The van der Waals surface area contributed by atoms with Crippen molar-refractivity contribution in [3.63, 3.8) is 0 Å². The smallest absolute Gasteiger partial charge is 0.306 e. The molecule has 35 heavy (non-hydrogen) atoms. The number of benzene rings is 2. The fourth-order valence-electron chi connectivity index (χ4n) is 3.63. The Morgan fingerprint density at radius 2 is 1.83 bits per heavy atom. The molecule has 1 amide bonds. The summed E-state index contributed by atoms with van der Waals surface area (Å²) < 4.78 is 17.4. The largest absolute Gasteiger partial charge is 0.493 e. The van der Waals surface area contributed by atoms with Gasteiger partial charge in [-0.15, -0.1) is 0 Å². The second-order valence-corrected chi connectivity index (χ2v) is 8.05. The number of carbonyl (C=O) groups is 2. The molecule has 0 radical (unpaired) electrons. The van der Waals surface area contributed by atoms with E-state index < -0.39 is 18.0 Å². The highest BCUT2D eigenvalue weighted by atomic mass is 16.5. The molecule has 0 fully saturated rings. The summed E-state index contributed by atoms with van der Waals surface area (Å²) in [6, 6.07) is 12.4. The third-order valence-corrected chi connectivity index (χ3v) is 5.55. The maximum absolute atomic E-state index is 13.0. The number of rotatable bonds is 11. The number of nitrogens with one attached hydrogen (secondary N) is 1. The van der Waals surface area contributed by atoms with Gasteiger partial charge in [-0.3, -0.25) is 14.4 Å². The number of carbonyl (C=O) groups excluding carboxylic acids is 2. The van der Waals surface area contributed by atoms with Gasteiger partial charge in [0, 0.05) is 24.7 Å². The monoisotopic (exact) mass is 481 g/mol. The normalized spacial score (nSPS) is 11.7. The van der Waals surface area contributed by atoms with Crippen molar-refractivity contribution in [2.24, 2.45) is 0 Å². The first-order chi connectivity index (χ1) is 16.9. The van der Waals surface area contributed by atoms with Crippen LogP contribution in [0.5, 0.6) is 11.5 Å². The molecule has 0 saturated carbocycles. The number of aryl methyl sites for hydroxylation is 2. The van der Waals surface area contributed by atoms with Crippen molar-refractivity contribution < 1.29 is 23.8 Å². The first-order valence-corrected chi connectivity index (χ1v) is 11.6. The maximum Gasteiger partial charge on any atom is 0.306 e. The maximum atomic E-state index is 13.0. The van der Waals surface area contributed by atoms with Crippen LogP contribution in [0.4, 0.5) is 5.69 Å². The number of hydrogen-bond donors (Lipinski definition) is 1. The van der Waals surface area contributed by atoms with Gasteiger partial charge >= 0.3 is 5.97 Å². The second kappa shape index (κ2) is 12.0. The van der Waals surface area contributed by atoms with Gasteiger partial charge in [0.1, 0.15) is 5.69 Å². The van der Waals surface area contributed by atoms with E-state index in [9.17, 15) is 14.4 Å². The van der Waals surface area contributed by atoms with Gasteiger partial charge in [-0.1, -0.05) is 25.5 Å². The van der Waals surface area contributed by atoms with Gasteiger partial charge in [0.15, 0.2) is 17.6 Å². The summed E-state index contributed by atoms with van der Waals surface area (Å²) in [5.41, 5.74) is 2.05. The zero-order valence-electron chi connectivity index (χ0n) is 20.5. The lowest BCUT2D eigenvalue weighted by atomic mass is 10.2. The Hall–Kier alpha value is -3.88. The summed E-state index contributed by atoms with van der Waals surface area (Å²) in [6.45, 7) is 4.14. The fraction of sp³-hybridized carbons (Fsp3) is 0.385. The number of methoxy groups -OCH3 is 2. The molecule has 1 atom stereocenters. The fourth-order valence-corrected chi connectivity index (χ4v) is 3.63. The Kier molecular flexibility index (Phi) is 8.83. The zero-order chi connectivity index (χ0) is 25.4. The number of hydrogen-bond acceptors (Lipinski definition) is 7. The second-order valence-electron chi connectivity index (χ2n) is 8.05. The molecule has 3 rings (SSSR count). The molecule has 0 saturated heterocycles. The number of ether oxygens (including phenoxy) is 3. The van der Waals surface area contributed by atoms with Crippen molar-refractivity contribution in [3.05, 3.63) is 58.5 Å². The molecule has 9 heteroatoms. The third kappa shape index (κ3) is 6.38. The van der Waals surface area contributed by atoms with Crippen molar-refractivity contribution in [2.45, 2.75) is 52.2 Å². The van der Waals surface area contributed by atoms with Crippen LogP contribution in [0.15, 0.2) is 47.3 Å². The van der Waals surface area contributed by atoms with E-state index in [2.05, 4.69) is 17.2 Å². The summed E-state index contributed by atoms with van der Waals surface area (Å²) in [5.74, 6) is -0.0887. The topological polar surface area (TPSA) is 109 Å². The highest BCUT2D eigenvalue weighted by molar-refractivity contribution is 5.95. The average molecular weight is 482 g/mol. The summed E-state index contributed by atoms with van der Waals surface area (Å²) >= 11 is 0. The molecule has 1 N–H and O–H groups in total. The number of nitrogens with zero attached hydrogens (tertiary/aromatic N) is 2. The van der Waals surface area contributed by atoms with Crippen LogP contribution in [-0.2, 0) is 27.3 Å². The van der Waals surface area contributed by atoms with Crippen LogP contribution in [0.2, 0.25) is 0 Å². The van der Waals surface area contributed by atoms with E-state index in [1.165, 1.54) is 21.1 Å². The molecule has 0 aliphatic heterocycles. The van der Waals surface area contributed by atoms with E-state index in [-0.39, 0.29) is 18.4 Å². The van der Waals surface area contributed by atoms with E-state index in [0.717, 1.165) is 18.4 Å². The average Bonchev–Trinajstić information content (AvgIpc) is 2.86. The molecular weight excluding hydrogens is 450 g/mol. The Labute approximate surface area is 204 Å². The predicted molar refractivity (Wildman–Crippen MR) is 133 cm³/mol. The van der Waals surface area contributed by atoms with Crippen LogP contribution in [0, 0.1) is 0 Å². The minimum absolute atomic E-state index is 0.0671. The van der Waals surface area contributed by atoms with Gasteiger partial charge in [-0.05, 0) is 37.6 Å². The van der Waals surface area contributed by atoms with E-state index in [0.29, 0.717) is 34.9 Å². The van der Waals surface area contributed by atoms with Gasteiger partial charge in [0.05, 0.1) is 31.7 Å². The molecule has 0 aliphatic carbocycles. The first kappa shape index (κ1) is 25.7. The first-order valence-electron chi connectivity index (χ1n) is 11.6. The van der Waals surface area contributed by atoms with Crippen LogP contribution < -0.4 is 20.3 Å². The zero-order valence-corrected chi connectivity index (χ0v) is 20.5. The van der Waals surface area contributed by atoms with E-state index in [4.69, 9.17) is 14.2 Å². The summed E-state index contributed by atoms with van der Waals surface area (Å²) in [5, 5.41) is 2.69. The highest BCUT2D eigenvalue weighted by Crippen LogP contribution is 2.29. The van der Waals surface area contributed by atoms with Crippen molar-refractivity contribution in [3.8, 4) is 11.5 Å². The van der Waals surface area contributed by atoms with Crippen LogP contribution in [0.1, 0.15) is 38.8 Å². The quantitative estimate of drug-likeness (QED) is 0.416. The van der Waals surface area contributed by atoms with Crippen LogP contribution in [0.3, 0.4) is 0 Å². The van der Waals surface area contributed by atoms with E-state index in [1.807, 2.05) is 24.3 Å². The van der Waals surface area contributed by atoms with E-state index in [1.54, 1.807) is 22.8 Å². The Morgan fingerprint density at radius 3 is 2.54 bits per heavy atom. The standard InChI is InChI=1S/C26H31N3O6/c1-5-6-15-29-21-10-8-7-9-19(21)28-20(26(29)32)12-14-24(30)35-17(2)25(31)27-18-11-13-22(33-3)23(16-18)34-4/h7-11,13,16-17H,5-6,12,14-15H2,1-4H3,(H,27,31). The molecule has 3 aromatic rings. The number of unbranched alkanes of at least 4 members (excludes halogenated alkanes) is 1. The lowest BCUT2D eigenvalue weighted by Crippen LogP contribution is -2.30. The molecule has 186 valence electrons. The number of esters is 1. The summed E-state index contributed by atoms with van der Waals surface area (Å²) in [7, 11) is 3.02. The Bertz CT molecular complexity index is 1250. The summed E-state index contributed by atoms with van der Waals surface area (Å²) in [6.07, 6.45) is 0.846. The van der Waals surface area contributed by atoms with Gasteiger partial charge in [0.25, 0.3) is 11.5 Å². The molecule has 0 bridgehead atoms. The van der Waals surface area contributed by atoms with Crippen LogP contribution in [-0.4, -0.2) is 41.8 Å². The number of fused-ring (bicyclic) bond motifs is 1. The van der Waals surface area contributed by atoms with Crippen molar-refractivity contribution in [1.82, 2.24) is 9.55 Å². The molecule has 9 nitrogen and oxygen atoms in total. The molecule has 0 spiro atoms. The molecule has 2 aromatic carbocycles. The van der Waals surface area contributed by atoms with E-state index >= 15 is 0 Å². The SMILES string of the molecule is CCCCn1c(=O)c(CCC(=O)OC(C)C(=O)Nc2ccc(OC)c(OC)c2)nc2ccccc21. The number of anilines is 1. The van der Waals surface area contributed by atoms with Crippen molar-refractivity contribution >= 4 is 28.6 Å². The molecule has 1 heterocycles. The lowest BCUT2D eigenvalue weighted by molar-refractivity contribution is -0.153. The number of amides is 1. The predicted octanol–water partition coefficient (Wildman–Crippen LogP) is 3.72. The molecule has 1 aromatic heterocycles. The molecular formula is C26H31N3O6. The van der Waals surface area contributed by atoms with Gasteiger partial charge in [0.2, 0.25) is 0 Å². The van der Waals surface area contributed by atoms with Gasteiger partial charge < -0.3 is 24.1 Å². The minimum atomic E-state index is -1.03. The summed E-state index contributed by atoms with van der Waals surface area (Å²) in [4.78, 5) is 42.4. The van der Waals surface area contributed by atoms with Gasteiger partial charge in [-0.2, -0.15) is 0 Å². The lowest BCUT2D eigenvalue weighted by Gasteiger charge is -2.15. The molecule has 0 aliphatic rings. The van der Waals surface area contributed by atoms with Crippen molar-refractivity contribution in [2.75, 3.05) is 19.5 Å². The highest BCUT2D eigenvalue weighted by Gasteiger charge is 2.20. The van der Waals surface area contributed by atoms with Crippen LogP contribution in [0.25, 0.3) is 11.0 Å². The molecule has 1 unspecified atom stereocenters. The number of aromatic nitrogens is 2. The number of para-hydroxylation sites is 2. The van der Waals surface area contributed by atoms with Gasteiger partial charge in [-0.25, -0.2) is 4.98 Å². The minimum Gasteiger partial charge on any atom is -0.493 e. The Morgan fingerprint density at radius 1 is 1.09 bits per heavy atom. The van der Waals surface area contributed by atoms with Crippen molar-refractivity contribution in [1.29, 1.82) is 0 Å². The Balaban J connectivity index is 1.63.